The zero-order valence-corrected chi connectivity index (χ0v) is 22.7. The summed E-state index contributed by atoms with van der Waals surface area (Å²) >= 11 is 6.13. The minimum Gasteiger partial charge on any atom is -0.492 e. The fourth-order valence-corrected chi connectivity index (χ4v) is 5.17. The Hall–Kier alpha value is -4.10. The maximum Gasteiger partial charge on any atom is 0.312 e. The first-order valence-electron chi connectivity index (χ1n) is 12.8. The van der Waals surface area contributed by atoms with E-state index in [-0.39, 0.29) is 24.5 Å². The van der Waals surface area contributed by atoms with Gasteiger partial charge in [-0.05, 0) is 87.4 Å². The van der Waals surface area contributed by atoms with Crippen LogP contribution in [0.2, 0.25) is 5.02 Å². The van der Waals surface area contributed by atoms with E-state index in [0.717, 1.165) is 16.5 Å². The van der Waals surface area contributed by atoms with Crippen LogP contribution in [0.5, 0.6) is 5.75 Å². The van der Waals surface area contributed by atoms with Gasteiger partial charge in [-0.25, -0.2) is 0 Å². The minimum atomic E-state index is -1.03. The number of halogens is 1. The van der Waals surface area contributed by atoms with Gasteiger partial charge in [-0.2, -0.15) is 0 Å². The number of carbonyl (C=O) groups is 3. The van der Waals surface area contributed by atoms with Crippen molar-refractivity contribution >= 4 is 46.0 Å². The molecule has 0 fully saturated rings. The highest BCUT2D eigenvalue weighted by Crippen LogP contribution is 2.40. The normalized spacial score (nSPS) is 17.1. The fourth-order valence-electron chi connectivity index (χ4n) is 4.99. The van der Waals surface area contributed by atoms with E-state index in [2.05, 4.69) is 0 Å². The smallest absolute Gasteiger partial charge is 0.312 e. The van der Waals surface area contributed by atoms with Crippen LogP contribution in [0.25, 0.3) is 10.9 Å². The van der Waals surface area contributed by atoms with Gasteiger partial charge in [0, 0.05) is 33.9 Å². The Kier molecular flexibility index (Phi) is 6.95. The average Bonchev–Trinajstić information content (AvgIpc) is 3.34. The summed E-state index contributed by atoms with van der Waals surface area (Å²) in [6, 6.07) is 21.3. The molecule has 0 bridgehead atoms. The van der Waals surface area contributed by atoms with E-state index in [4.69, 9.17) is 16.3 Å². The van der Waals surface area contributed by atoms with E-state index >= 15 is 0 Å². The van der Waals surface area contributed by atoms with Gasteiger partial charge in [0.2, 0.25) is 5.91 Å². The van der Waals surface area contributed by atoms with Crippen molar-refractivity contribution in [1.82, 2.24) is 4.57 Å². The van der Waals surface area contributed by atoms with Gasteiger partial charge >= 0.3 is 5.97 Å². The van der Waals surface area contributed by atoms with E-state index in [1.54, 1.807) is 59.8 Å². The predicted molar refractivity (Wildman–Crippen MR) is 151 cm³/mol. The summed E-state index contributed by atoms with van der Waals surface area (Å²) in [5.74, 6) is -1.11. The van der Waals surface area contributed by atoms with Crippen LogP contribution in [0.3, 0.4) is 0 Å². The van der Waals surface area contributed by atoms with Crippen molar-refractivity contribution in [1.29, 1.82) is 0 Å². The lowest BCUT2D eigenvalue weighted by atomic mass is 9.85. The molecule has 0 unspecified atom stereocenters. The number of aromatic nitrogens is 1. The second kappa shape index (κ2) is 10.2. The topological polar surface area (TPSA) is 88.8 Å². The number of rotatable bonds is 6. The first kappa shape index (κ1) is 26.5. The van der Waals surface area contributed by atoms with Gasteiger partial charge in [0.1, 0.15) is 12.4 Å². The number of hydrogen-bond acceptors (Lipinski definition) is 4. The summed E-state index contributed by atoms with van der Waals surface area (Å²) in [4.78, 5) is 40.6. The number of amides is 1. The van der Waals surface area contributed by atoms with Crippen molar-refractivity contribution in [2.75, 3.05) is 11.5 Å². The van der Waals surface area contributed by atoms with E-state index in [0.29, 0.717) is 28.4 Å². The van der Waals surface area contributed by atoms with Crippen molar-refractivity contribution < 1.29 is 24.2 Å². The largest absolute Gasteiger partial charge is 0.492 e. The molecule has 3 aromatic carbocycles. The Bertz CT molecular complexity index is 1570. The van der Waals surface area contributed by atoms with Crippen LogP contribution in [-0.2, 0) is 4.79 Å². The number of anilines is 1. The quantitative estimate of drug-likeness (QED) is 0.293. The molecule has 0 spiro atoms. The van der Waals surface area contributed by atoms with Gasteiger partial charge in [0.25, 0.3) is 5.91 Å². The highest BCUT2D eigenvalue weighted by Gasteiger charge is 2.38. The van der Waals surface area contributed by atoms with Crippen LogP contribution in [0.4, 0.5) is 5.69 Å². The number of aliphatic carboxylic acids is 1. The molecular weight excluding hydrogens is 516 g/mol. The van der Waals surface area contributed by atoms with Crippen LogP contribution in [-0.4, -0.2) is 40.1 Å². The van der Waals surface area contributed by atoms with Crippen LogP contribution >= 0.6 is 11.6 Å². The number of carboxylic acid groups (broad SMARTS) is 1. The molecule has 0 saturated carbocycles. The Balaban J connectivity index is 1.40. The molecule has 1 amide bonds. The third-order valence-corrected chi connectivity index (χ3v) is 7.51. The Morgan fingerprint density at radius 2 is 1.74 bits per heavy atom. The molecule has 8 heteroatoms. The zero-order valence-electron chi connectivity index (χ0n) is 21.9. The number of nitrogens with zero attached hydrogens (tertiary/aromatic N) is 2. The number of benzene rings is 3. The van der Waals surface area contributed by atoms with E-state index < -0.39 is 17.3 Å². The third-order valence-electron chi connectivity index (χ3n) is 7.28. The lowest BCUT2D eigenvalue weighted by Gasteiger charge is -2.39. The van der Waals surface area contributed by atoms with Gasteiger partial charge in [-0.3, -0.25) is 19.0 Å². The number of carbonyl (C=O) groups excluding carboxylic acids is 2. The van der Waals surface area contributed by atoms with Gasteiger partial charge in [-0.1, -0.05) is 29.8 Å². The van der Waals surface area contributed by atoms with Crippen molar-refractivity contribution in [2.45, 2.75) is 39.2 Å². The number of ether oxygens (including phenoxy) is 1. The van der Waals surface area contributed by atoms with Crippen LogP contribution in [0.1, 0.15) is 53.8 Å². The SMILES string of the molecule is C[C@H]1C[C@H](C(=O)n2ccc3cc(Cl)ccc32)c2ccccc2N1C(=O)c1ccc(OCC(C)(C)C(=O)O)cc1. The molecule has 0 aliphatic carbocycles. The molecule has 39 heavy (non-hydrogen) atoms. The summed E-state index contributed by atoms with van der Waals surface area (Å²) in [5.41, 5.74) is 1.75. The molecule has 0 radical (unpaired) electrons. The van der Waals surface area contributed by atoms with Crippen LogP contribution in [0, 0.1) is 5.41 Å². The van der Waals surface area contributed by atoms with Crippen LogP contribution in [0.15, 0.2) is 79.0 Å². The van der Waals surface area contributed by atoms with Crippen LogP contribution < -0.4 is 9.64 Å². The second-order valence-corrected chi connectivity index (χ2v) is 11.0. The Morgan fingerprint density at radius 3 is 2.46 bits per heavy atom. The van der Waals surface area contributed by atoms with Gasteiger partial charge in [0.15, 0.2) is 0 Å². The van der Waals surface area contributed by atoms with Crippen molar-refractivity contribution in [3.05, 3.63) is 95.1 Å². The summed E-state index contributed by atoms with van der Waals surface area (Å²) in [6.07, 6.45) is 2.25. The Labute approximate surface area is 231 Å². The van der Waals surface area contributed by atoms with E-state index in [1.807, 2.05) is 49.4 Å². The van der Waals surface area contributed by atoms with Gasteiger partial charge in [0.05, 0.1) is 16.8 Å². The summed E-state index contributed by atoms with van der Waals surface area (Å²) in [5, 5.41) is 10.8. The molecule has 5 rings (SSSR count). The van der Waals surface area contributed by atoms with E-state index in [9.17, 15) is 19.5 Å². The molecular formula is C31H29ClN2O5. The first-order valence-corrected chi connectivity index (χ1v) is 13.1. The number of carboxylic acids is 1. The molecule has 2 atom stereocenters. The molecule has 1 aliphatic rings. The van der Waals surface area contributed by atoms with E-state index in [1.165, 1.54) is 0 Å². The molecule has 0 saturated heterocycles. The molecule has 2 heterocycles. The maximum atomic E-state index is 13.8. The monoisotopic (exact) mass is 544 g/mol. The maximum absolute atomic E-state index is 13.8. The molecule has 1 aliphatic heterocycles. The van der Waals surface area contributed by atoms with Gasteiger partial charge < -0.3 is 14.7 Å². The lowest BCUT2D eigenvalue weighted by Crippen LogP contribution is -2.45. The molecule has 1 N–H and O–H groups in total. The lowest BCUT2D eigenvalue weighted by molar-refractivity contribution is -0.148. The Morgan fingerprint density at radius 1 is 1.03 bits per heavy atom. The van der Waals surface area contributed by atoms with Crippen molar-refractivity contribution in [3.8, 4) is 5.75 Å². The summed E-state index contributed by atoms with van der Waals surface area (Å²) in [7, 11) is 0. The third kappa shape index (κ3) is 5.02. The zero-order chi connectivity index (χ0) is 27.9. The molecule has 4 aromatic rings. The summed E-state index contributed by atoms with van der Waals surface area (Å²) in [6.45, 7) is 5.14. The summed E-state index contributed by atoms with van der Waals surface area (Å²) < 4.78 is 7.32. The predicted octanol–water partition coefficient (Wildman–Crippen LogP) is 6.65. The second-order valence-electron chi connectivity index (χ2n) is 10.6. The minimum absolute atomic E-state index is 0.00526. The number of hydrogen-bond donors (Lipinski definition) is 1. The van der Waals surface area contributed by atoms with Crippen molar-refractivity contribution in [3.63, 3.8) is 0 Å². The number of para-hydroxylation sites is 1. The first-order chi connectivity index (χ1) is 18.6. The average molecular weight is 545 g/mol. The highest BCUT2D eigenvalue weighted by molar-refractivity contribution is 6.31. The number of fused-ring (bicyclic) bond motifs is 2. The molecule has 7 nitrogen and oxygen atoms in total. The fraction of sp³-hybridized carbons (Fsp3) is 0.258. The molecule has 200 valence electrons. The molecule has 1 aromatic heterocycles. The van der Waals surface area contributed by atoms with Gasteiger partial charge in [-0.15, -0.1) is 0 Å². The van der Waals surface area contributed by atoms with Crippen molar-refractivity contribution in [2.24, 2.45) is 5.41 Å². The highest BCUT2D eigenvalue weighted by atomic mass is 35.5. The standard InChI is InChI=1S/C31H29ClN2O5/c1-19-16-25(29(36)33-15-14-21-17-22(32)10-13-26(21)33)24-6-4-5-7-27(24)34(19)28(35)20-8-11-23(12-9-20)39-18-31(2,3)30(37)38/h4-15,17,19,25H,16,18H2,1-3H3,(H,37,38)/t19-,25-/m0/s1.